The first-order valence-corrected chi connectivity index (χ1v) is 14.5. The summed E-state index contributed by atoms with van der Waals surface area (Å²) >= 11 is 2.44. The number of imidazole rings is 1. The number of pyridine rings is 1. The molecule has 4 aromatic rings. The molecule has 4 heterocycles. The Labute approximate surface area is 246 Å². The van der Waals surface area contributed by atoms with Gasteiger partial charge >= 0.3 is 12.1 Å². The number of amides is 1. The minimum atomic E-state index is -0.493. The molecular weight excluding hydrogens is 623 g/mol. The Morgan fingerprint density at radius 2 is 1.85 bits per heavy atom. The van der Waals surface area contributed by atoms with Gasteiger partial charge in [0.25, 0.3) is 0 Å². The molecule has 1 unspecified atom stereocenters. The summed E-state index contributed by atoms with van der Waals surface area (Å²) in [5.41, 5.74) is 4.05. The van der Waals surface area contributed by atoms with Gasteiger partial charge in [-0.25, -0.2) is 19.7 Å². The number of nitrogens with zero attached hydrogens (tertiary/aromatic N) is 6. The number of aromatic amines is 1. The van der Waals surface area contributed by atoms with Crippen LogP contribution in [0.1, 0.15) is 37.3 Å². The highest BCUT2D eigenvalue weighted by atomic mass is 127. The number of rotatable bonds is 7. The van der Waals surface area contributed by atoms with E-state index >= 15 is 0 Å². The summed E-state index contributed by atoms with van der Waals surface area (Å²) in [6, 6.07) is 12.2. The third kappa shape index (κ3) is 6.78. The monoisotopic (exact) mass is 656 g/mol. The number of carbonyl (C=O) groups is 1. The lowest BCUT2D eigenvalue weighted by Gasteiger charge is -2.37. The van der Waals surface area contributed by atoms with E-state index in [4.69, 9.17) is 9.47 Å². The standard InChI is InChI=1S/C28H33IN8O3/c1-5-39-26-31-11-9-20(34-26)18-6-7-21-22(16-18)33-25(32-21)35-23-17-19(8-10-30-23)24(29)36-12-14-37(15-13-36)27(38)40-28(2,3)4/h6-11,16-17,24H,5,12-15H2,1-4H3,(H2,30,32,33,35). The number of aromatic nitrogens is 5. The molecule has 0 spiro atoms. The number of carbonyl (C=O) groups excluding carboxylic acids is 1. The highest BCUT2D eigenvalue weighted by Gasteiger charge is 2.28. The van der Waals surface area contributed by atoms with E-state index in [1.54, 1.807) is 17.3 Å². The smallest absolute Gasteiger partial charge is 0.410 e. The van der Waals surface area contributed by atoms with Gasteiger partial charge in [-0.05, 0) is 63.6 Å². The Balaban J connectivity index is 1.24. The zero-order valence-corrected chi connectivity index (χ0v) is 25.2. The number of fused-ring (bicyclic) bond motifs is 1. The number of halogens is 1. The molecule has 1 saturated heterocycles. The number of ether oxygens (including phenoxy) is 2. The minimum Gasteiger partial charge on any atom is -0.464 e. The Morgan fingerprint density at radius 3 is 2.60 bits per heavy atom. The summed E-state index contributed by atoms with van der Waals surface area (Å²) in [5.74, 6) is 1.30. The van der Waals surface area contributed by atoms with Crippen LogP contribution in [0.15, 0.2) is 48.8 Å². The topological polar surface area (TPSA) is 121 Å². The second kappa shape index (κ2) is 11.9. The number of piperazine rings is 1. The first-order valence-electron chi connectivity index (χ1n) is 13.2. The van der Waals surface area contributed by atoms with Gasteiger partial charge in [0.05, 0.1) is 27.4 Å². The van der Waals surface area contributed by atoms with Crippen LogP contribution in [0.25, 0.3) is 22.3 Å². The van der Waals surface area contributed by atoms with Crippen molar-refractivity contribution in [1.82, 2.24) is 34.7 Å². The Bertz CT molecular complexity index is 1480. The largest absolute Gasteiger partial charge is 0.464 e. The molecule has 0 aliphatic carbocycles. The fourth-order valence-corrected chi connectivity index (χ4v) is 5.33. The highest BCUT2D eigenvalue weighted by Crippen LogP contribution is 2.31. The second-order valence-electron chi connectivity index (χ2n) is 10.4. The van der Waals surface area contributed by atoms with Crippen molar-refractivity contribution in [2.75, 3.05) is 38.1 Å². The maximum atomic E-state index is 12.4. The third-order valence-corrected chi connectivity index (χ3v) is 7.78. The first kappa shape index (κ1) is 28.0. The molecule has 1 atom stereocenters. The Hall–Kier alpha value is -3.52. The highest BCUT2D eigenvalue weighted by molar-refractivity contribution is 14.1. The van der Waals surface area contributed by atoms with Crippen LogP contribution >= 0.6 is 22.6 Å². The zero-order valence-electron chi connectivity index (χ0n) is 23.0. The molecule has 3 aromatic heterocycles. The van der Waals surface area contributed by atoms with E-state index in [0.29, 0.717) is 37.5 Å². The van der Waals surface area contributed by atoms with Gasteiger partial charge in [0.15, 0.2) is 0 Å². The zero-order chi connectivity index (χ0) is 28.3. The molecule has 1 aromatic carbocycles. The van der Waals surface area contributed by atoms with Crippen molar-refractivity contribution in [3.63, 3.8) is 0 Å². The SMILES string of the molecule is CCOc1nccc(-c2ccc3nc(Nc4cc(C(I)N5CCN(C(=O)OC(C)(C)C)CC5)ccn4)[nH]c3c2)n1. The van der Waals surface area contributed by atoms with Crippen molar-refractivity contribution in [3.8, 4) is 17.3 Å². The van der Waals surface area contributed by atoms with Crippen LogP contribution in [-0.4, -0.2) is 79.2 Å². The fourth-order valence-electron chi connectivity index (χ4n) is 4.38. The lowest BCUT2D eigenvalue weighted by atomic mass is 10.1. The predicted octanol–water partition coefficient (Wildman–Crippen LogP) is 5.54. The predicted molar refractivity (Wildman–Crippen MR) is 162 cm³/mol. The van der Waals surface area contributed by atoms with Crippen LogP contribution in [-0.2, 0) is 4.74 Å². The van der Waals surface area contributed by atoms with E-state index in [1.807, 2.05) is 64.1 Å². The number of hydrogen-bond acceptors (Lipinski definition) is 9. The van der Waals surface area contributed by atoms with Crippen LogP contribution in [0.2, 0.25) is 0 Å². The van der Waals surface area contributed by atoms with Crippen LogP contribution in [0, 0.1) is 0 Å². The van der Waals surface area contributed by atoms with Crippen LogP contribution in [0.5, 0.6) is 6.01 Å². The lowest BCUT2D eigenvalue weighted by Crippen LogP contribution is -2.50. The molecule has 0 bridgehead atoms. The third-order valence-electron chi connectivity index (χ3n) is 6.28. The van der Waals surface area contributed by atoms with Crippen molar-refractivity contribution in [3.05, 3.63) is 54.4 Å². The molecule has 1 amide bonds. The van der Waals surface area contributed by atoms with Gasteiger partial charge in [-0.15, -0.1) is 0 Å². The summed E-state index contributed by atoms with van der Waals surface area (Å²) in [7, 11) is 0. The number of anilines is 2. The maximum absolute atomic E-state index is 12.4. The van der Waals surface area contributed by atoms with Crippen molar-refractivity contribution in [2.45, 2.75) is 37.3 Å². The van der Waals surface area contributed by atoms with Gasteiger partial charge in [0.2, 0.25) is 5.95 Å². The summed E-state index contributed by atoms with van der Waals surface area (Å²) in [6.07, 6.45) is 3.24. The molecule has 1 fully saturated rings. The summed E-state index contributed by atoms with van der Waals surface area (Å²) < 4.78 is 11.1. The molecule has 12 heteroatoms. The lowest BCUT2D eigenvalue weighted by molar-refractivity contribution is 0.0140. The van der Waals surface area contributed by atoms with E-state index in [-0.39, 0.29) is 10.1 Å². The fraction of sp³-hybridized carbons (Fsp3) is 0.393. The van der Waals surface area contributed by atoms with Gasteiger partial charge in [0, 0.05) is 44.1 Å². The number of nitrogens with one attached hydrogen (secondary N) is 2. The van der Waals surface area contributed by atoms with E-state index in [2.05, 4.69) is 57.7 Å². The molecule has 1 aliphatic rings. The summed E-state index contributed by atoms with van der Waals surface area (Å²) in [4.78, 5) is 37.7. The Kier molecular flexibility index (Phi) is 8.35. The molecule has 1 aliphatic heterocycles. The van der Waals surface area contributed by atoms with E-state index in [0.717, 1.165) is 40.9 Å². The van der Waals surface area contributed by atoms with Crippen LogP contribution in [0.4, 0.5) is 16.6 Å². The molecule has 0 saturated carbocycles. The average Bonchev–Trinajstić information content (AvgIpc) is 3.34. The molecule has 5 rings (SSSR count). The van der Waals surface area contributed by atoms with Gasteiger partial charge in [-0.2, -0.15) is 4.98 Å². The molecule has 2 N–H and O–H groups in total. The molecule has 40 heavy (non-hydrogen) atoms. The van der Waals surface area contributed by atoms with Crippen molar-refractivity contribution < 1.29 is 14.3 Å². The van der Waals surface area contributed by atoms with E-state index in [1.165, 1.54) is 0 Å². The first-order chi connectivity index (χ1) is 19.2. The summed E-state index contributed by atoms with van der Waals surface area (Å²) in [6.45, 7) is 10.9. The van der Waals surface area contributed by atoms with Crippen molar-refractivity contribution in [1.29, 1.82) is 0 Å². The molecule has 11 nitrogen and oxygen atoms in total. The average molecular weight is 657 g/mol. The molecular formula is C28H33IN8O3. The van der Waals surface area contributed by atoms with Gasteiger partial charge in [-0.3, -0.25) is 4.90 Å². The second-order valence-corrected chi connectivity index (χ2v) is 11.6. The number of benzene rings is 1. The normalized spacial score (nSPS) is 15.2. The number of alkyl halides is 1. The molecule has 0 radical (unpaired) electrons. The van der Waals surface area contributed by atoms with E-state index < -0.39 is 5.60 Å². The van der Waals surface area contributed by atoms with Gasteiger partial charge < -0.3 is 24.7 Å². The Morgan fingerprint density at radius 1 is 1.07 bits per heavy atom. The van der Waals surface area contributed by atoms with Crippen molar-refractivity contribution >= 4 is 51.5 Å². The maximum Gasteiger partial charge on any atom is 0.410 e. The van der Waals surface area contributed by atoms with E-state index in [9.17, 15) is 4.79 Å². The van der Waals surface area contributed by atoms with Gasteiger partial charge in [0.1, 0.15) is 11.4 Å². The molecule has 210 valence electrons. The van der Waals surface area contributed by atoms with Crippen LogP contribution < -0.4 is 10.1 Å². The van der Waals surface area contributed by atoms with Gasteiger partial charge in [-0.1, -0.05) is 28.7 Å². The quantitative estimate of drug-likeness (QED) is 0.150. The van der Waals surface area contributed by atoms with Crippen molar-refractivity contribution in [2.24, 2.45) is 0 Å². The number of hydrogen-bond donors (Lipinski definition) is 2. The number of H-pyrrole nitrogens is 1. The summed E-state index contributed by atoms with van der Waals surface area (Å²) in [5, 5.41) is 3.31. The minimum absolute atomic E-state index is 0.134. The van der Waals surface area contributed by atoms with Crippen LogP contribution in [0.3, 0.4) is 0 Å².